The first-order valence-corrected chi connectivity index (χ1v) is 47.1. The molecule has 4 aromatic carbocycles. The highest BCUT2D eigenvalue weighted by Crippen LogP contribution is 2.22. The summed E-state index contributed by atoms with van der Waals surface area (Å²) >= 11 is 0. The summed E-state index contributed by atoms with van der Waals surface area (Å²) in [6.45, 7) is 84.0. The van der Waals surface area contributed by atoms with Gasteiger partial charge in [-0.05, 0) is 115 Å². The van der Waals surface area contributed by atoms with E-state index in [1.165, 1.54) is 111 Å². The van der Waals surface area contributed by atoms with Crippen LogP contribution in [0.5, 0.6) is 17.2 Å². The molecule has 0 saturated carbocycles. The fourth-order valence-corrected chi connectivity index (χ4v) is 7.76. The molecule has 0 bridgehead atoms. The molecular formula is C112H184O36. The molecule has 0 amide bonds. The first-order chi connectivity index (χ1) is 72.0. The van der Waals surface area contributed by atoms with E-state index in [0.717, 1.165) is 75.3 Å². The van der Waals surface area contributed by atoms with Crippen molar-refractivity contribution in [1.29, 1.82) is 0 Å². The molecule has 0 aliphatic carbocycles. The number of benzene rings is 4. The number of carbonyl (C=O) groups is 4. The molecular weight excluding hydrogens is 1920 g/mol. The zero-order valence-electron chi connectivity index (χ0n) is 90.9. The van der Waals surface area contributed by atoms with Crippen LogP contribution in [0.3, 0.4) is 0 Å². The van der Waals surface area contributed by atoms with E-state index in [1.54, 1.807) is 42.5 Å². The lowest BCUT2D eigenvalue weighted by molar-refractivity contribution is -0.140. The quantitative estimate of drug-likeness (QED) is 0.0121. The minimum absolute atomic E-state index is 0.0430. The molecule has 0 radical (unpaired) electrons. The fourth-order valence-electron chi connectivity index (χ4n) is 7.76. The number of esters is 1. The largest absolute Gasteiger partial charge is 0.505 e. The summed E-state index contributed by atoms with van der Waals surface area (Å²) in [5, 5.41) is 24.0. The highest BCUT2D eigenvalue weighted by molar-refractivity contribution is 5.86. The van der Waals surface area contributed by atoms with E-state index in [4.69, 9.17) is 110 Å². The van der Waals surface area contributed by atoms with Gasteiger partial charge in [0.2, 0.25) is 0 Å². The number of aliphatic hydroxyl groups is 2. The fraction of sp³-hybridized carbons (Fsp3) is 0.464. The summed E-state index contributed by atoms with van der Waals surface area (Å²) in [6, 6.07) is 35.9. The highest BCUT2D eigenvalue weighted by Gasteiger charge is 2.13. The average Bonchev–Trinajstić information content (AvgIpc) is 0.865. The van der Waals surface area contributed by atoms with Gasteiger partial charge in [-0.3, -0.25) is 0 Å². The van der Waals surface area contributed by atoms with Gasteiger partial charge in [-0.2, -0.15) is 0 Å². The van der Waals surface area contributed by atoms with Crippen LogP contribution in [0.1, 0.15) is 79.2 Å². The smallest absolute Gasteiger partial charge is 0.505 e. The zero-order chi connectivity index (χ0) is 113. The lowest BCUT2D eigenvalue weighted by Crippen LogP contribution is -2.23. The third-order valence-electron chi connectivity index (χ3n) is 14.4. The number of ether oxygens (including phenoxy) is 29. The highest BCUT2D eigenvalue weighted by atomic mass is 16.7. The Morgan fingerprint density at radius 1 is 0.331 bits per heavy atom. The van der Waals surface area contributed by atoms with Crippen LogP contribution in [0.25, 0.3) is 11.1 Å². The number of hydrogen-bond donors (Lipinski definition) is 3. The van der Waals surface area contributed by atoms with Crippen LogP contribution in [-0.4, -0.2) is 306 Å². The number of hydrogen-bond acceptors (Lipinski definition) is 35. The van der Waals surface area contributed by atoms with Gasteiger partial charge >= 0.3 is 12.1 Å². The van der Waals surface area contributed by atoms with Gasteiger partial charge in [-0.1, -0.05) is 191 Å². The predicted molar refractivity (Wildman–Crippen MR) is 586 cm³/mol. The maximum atomic E-state index is 10.7. The number of aldehydes is 2. The average molecular weight is 2110 g/mol. The van der Waals surface area contributed by atoms with Gasteiger partial charge in [-0.25, -0.2) is 9.59 Å². The van der Waals surface area contributed by atoms with Crippen molar-refractivity contribution in [1.82, 2.24) is 0 Å². The first-order valence-electron chi connectivity index (χ1n) is 47.1. The normalized spacial score (nSPS) is 9.18. The van der Waals surface area contributed by atoms with E-state index in [1.807, 2.05) is 113 Å². The van der Waals surface area contributed by atoms with Crippen molar-refractivity contribution in [2.45, 2.75) is 92.8 Å². The van der Waals surface area contributed by atoms with Crippen molar-refractivity contribution in [2.75, 3.05) is 254 Å². The molecule has 4 aromatic rings. The van der Waals surface area contributed by atoms with Gasteiger partial charge in [0.1, 0.15) is 142 Å². The third kappa shape index (κ3) is 172. The molecule has 848 valence electrons. The molecule has 0 fully saturated rings. The lowest BCUT2D eigenvalue weighted by atomic mass is 10.1. The molecule has 2 unspecified atom stereocenters. The van der Waals surface area contributed by atoms with Crippen LogP contribution in [0.15, 0.2) is 314 Å². The van der Waals surface area contributed by atoms with E-state index < -0.39 is 12.1 Å². The summed E-state index contributed by atoms with van der Waals surface area (Å²) in [7, 11) is 8.07. The standard InChI is InChI=1S/C16H16O2.C13H28O4.C11H14O2.C10H12O2.C8H12O3.C8H14O3.2C6H12O2.C5H8O4.2C5H10O2.C5H8O2.2C4H8O2.2C3H6O/c1-2-17-12-13-18-16-10-8-15(9-11-16)14-6-4-3-5-7-14;1-5-13(17-10-8-15-6-2)11-12(3)16-9-7-14-4;1-3-12-8-9-13-11-6-4-10(2)5-7-11;1-2-11-8-9-12-10-6-4-3-5-7-10;1-4-10-5-6-11-8(9)7(2)3;1-2-10-6-3-4-7-11-8-5-9;2*1-3-7-5-6-8-4-2;1-2-8-3-4-9-5(6)7;2*1-3-7-5-4-6-2;1-2-7-5-3-4-6;2*1-2-6-4-3-5;2*1-3-4-2/h2-11H,1,12-13H2;12-13H,5-11H2,1-4H3;3-7H,1,8-9H2,2H3;2-7H,1,8-9H2;4H,1-2,5-6H2,3H3;2,5H,1,3-4,6-8H2;2*3H,1,4-6H2,2H3;2H,1,3-4H2,(H,6,7);2*3H,1,4-5H2,2H3;2,4H,1,3,5H2;2*2,5H,1,3-4H2;2*3H,1H2,2H3. The number of aryl methyl sites for hydroxylation is 1. The summed E-state index contributed by atoms with van der Waals surface area (Å²) in [5.74, 6) is 2.20. The lowest BCUT2D eigenvalue weighted by Gasteiger charge is -2.20. The van der Waals surface area contributed by atoms with Gasteiger partial charge in [0.25, 0.3) is 0 Å². The molecule has 0 saturated heterocycles. The minimum Gasteiger partial charge on any atom is -0.505 e. The molecule has 0 aliphatic heterocycles. The number of aliphatic hydroxyl groups excluding tert-OH is 2. The van der Waals surface area contributed by atoms with Gasteiger partial charge in [0.05, 0.1) is 200 Å². The Hall–Kier alpha value is -13.2. The maximum absolute atomic E-state index is 10.7. The molecule has 2 atom stereocenters. The Bertz CT molecular complexity index is 3360. The summed E-state index contributed by atoms with van der Waals surface area (Å²) < 4.78 is 141. The number of carbonyl (C=O) groups excluding carboxylic acids is 3. The first kappa shape index (κ1) is 160. The summed E-state index contributed by atoms with van der Waals surface area (Å²) in [4.78, 5) is 39.7. The second-order valence-electron chi connectivity index (χ2n) is 25.6. The van der Waals surface area contributed by atoms with Crippen molar-refractivity contribution in [3.63, 3.8) is 0 Å². The maximum Gasteiger partial charge on any atom is 0.505 e. The molecule has 0 aromatic heterocycles. The van der Waals surface area contributed by atoms with Crippen LogP contribution >= 0.6 is 0 Å². The molecule has 4 rings (SSSR count). The number of para-hydroxylation sites is 1. The van der Waals surface area contributed by atoms with Gasteiger partial charge < -0.3 is 162 Å². The molecule has 0 heterocycles. The zero-order valence-corrected chi connectivity index (χ0v) is 90.9. The Morgan fingerprint density at radius 3 is 0.966 bits per heavy atom. The van der Waals surface area contributed by atoms with Crippen LogP contribution in [0.4, 0.5) is 4.79 Å². The minimum atomic E-state index is -1.29. The van der Waals surface area contributed by atoms with E-state index in [2.05, 4.69) is 186 Å². The molecule has 0 aliphatic rings. The Kier molecular flexibility index (Phi) is 172. The third-order valence-corrected chi connectivity index (χ3v) is 14.4. The molecule has 0 spiro atoms. The van der Waals surface area contributed by atoms with E-state index >= 15 is 0 Å². The van der Waals surface area contributed by atoms with E-state index in [0.29, 0.717) is 171 Å². The van der Waals surface area contributed by atoms with Crippen molar-refractivity contribution in [3.8, 4) is 28.4 Å². The molecule has 148 heavy (non-hydrogen) atoms. The van der Waals surface area contributed by atoms with Crippen molar-refractivity contribution in [2.24, 2.45) is 0 Å². The molecule has 36 heteroatoms. The second-order valence-corrected chi connectivity index (χ2v) is 25.6. The Labute approximate surface area is 886 Å². The van der Waals surface area contributed by atoms with Crippen LogP contribution in [0, 0.1) is 6.92 Å². The Morgan fingerprint density at radius 2 is 0.635 bits per heavy atom. The predicted octanol–water partition coefficient (Wildman–Crippen LogP) is 20.7. The Balaban J connectivity index is -0.000000135. The second kappa shape index (κ2) is 159. The van der Waals surface area contributed by atoms with Crippen molar-refractivity contribution >= 4 is 24.7 Å². The number of rotatable bonds is 75. The van der Waals surface area contributed by atoms with Crippen LogP contribution < -0.4 is 14.2 Å². The molecule has 3 N–H and O–H groups in total. The van der Waals surface area contributed by atoms with Crippen LogP contribution in [0.2, 0.25) is 0 Å². The van der Waals surface area contributed by atoms with Gasteiger partial charge in [0, 0.05) is 59.8 Å². The summed E-state index contributed by atoms with van der Waals surface area (Å²) in [5.41, 5.74) is 4.02. The number of unbranched alkanes of at least 4 members (excludes halogenated alkanes) is 1. The summed E-state index contributed by atoms with van der Waals surface area (Å²) in [6.07, 6.45) is 25.5. The van der Waals surface area contributed by atoms with Crippen molar-refractivity contribution in [3.05, 3.63) is 320 Å². The topological polar surface area (TPSA) is 397 Å². The van der Waals surface area contributed by atoms with Gasteiger partial charge in [-0.15, -0.1) is 0 Å². The van der Waals surface area contributed by atoms with Crippen LogP contribution in [-0.2, 0) is 138 Å². The molecule has 36 nitrogen and oxygen atoms in total. The SMILES string of the molecule is C=COC.C=COC.C=COCCC=O.C=COCCCCOCC=O.C=COCCO.C=COCCO.C=COCCOC.C=COCCOC.C=COCCOC(=O)C(=C)C.C=COCCOC(=O)O.C=COCCOCC.C=COCCOCC.C=COCCOc1ccc(-c2ccccc2)cc1.C=COCCOc1ccc(C)cc1.C=COCCOc1ccccc1.CCOCCOC(CC)CC(C)OCCOC. The number of methoxy groups -OCH3 is 5. The van der Waals surface area contributed by atoms with Gasteiger partial charge in [0.15, 0.2) is 0 Å². The number of carboxylic acid groups (broad SMARTS) is 1. The monoisotopic (exact) mass is 2110 g/mol. The van der Waals surface area contributed by atoms with Crippen molar-refractivity contribution < 1.29 is 172 Å². The van der Waals surface area contributed by atoms with E-state index in [9.17, 15) is 19.2 Å². The van der Waals surface area contributed by atoms with E-state index in [-0.39, 0.29) is 51.8 Å².